The summed E-state index contributed by atoms with van der Waals surface area (Å²) in [6.07, 6.45) is 9.81. The van der Waals surface area contributed by atoms with Crippen molar-refractivity contribution in [2.24, 2.45) is 29.6 Å². The van der Waals surface area contributed by atoms with E-state index in [1.165, 1.54) is 0 Å². The van der Waals surface area contributed by atoms with Gasteiger partial charge >= 0.3 is 5.97 Å². The fourth-order valence-electron chi connectivity index (χ4n) is 10.9. The van der Waals surface area contributed by atoms with E-state index in [0.29, 0.717) is 43.3 Å². The largest absolute Gasteiger partial charge is 0.462 e. The summed E-state index contributed by atoms with van der Waals surface area (Å²) in [5.41, 5.74) is 0.277. The SMILES string of the molecule is CC[C@H](C)[C@@H]1O[C@]2(C=C[C@@H]1C)C[C@H]1C[C@@H](C/C=C(\C)[C@H](O[C@@H]3C[C@H](OC)[C@H](O[C@@H]4C[C@H](OC)[C@H](O)[C@H](C)O4)[C@H](C)O3)[C@H](C)/C=C/C=C3\COC[C@@H]4[C@H](O)C(C)=C[C@H](C(=O)O1)[C@@]34O)O2. The van der Waals surface area contributed by atoms with Crippen LogP contribution in [0.3, 0.4) is 0 Å². The summed E-state index contributed by atoms with van der Waals surface area (Å²) >= 11 is 0. The van der Waals surface area contributed by atoms with Crippen LogP contribution in [0.1, 0.15) is 93.9 Å². The van der Waals surface area contributed by atoms with Gasteiger partial charge in [0.2, 0.25) is 0 Å². The van der Waals surface area contributed by atoms with E-state index in [1.807, 2.05) is 32.1 Å². The van der Waals surface area contributed by atoms with Crippen LogP contribution in [0, 0.1) is 29.6 Å². The van der Waals surface area contributed by atoms with E-state index in [1.54, 1.807) is 40.2 Å². The van der Waals surface area contributed by atoms with Gasteiger partial charge in [-0.25, -0.2) is 0 Å². The Bertz CT molecular complexity index is 1740. The quantitative estimate of drug-likeness (QED) is 0.203. The van der Waals surface area contributed by atoms with Gasteiger partial charge in [-0.05, 0) is 62.8 Å². The molecule has 1 spiro atoms. The predicted octanol–water partition coefficient (Wildman–Crippen LogP) is 5.63. The highest BCUT2D eigenvalue weighted by Crippen LogP contribution is 2.47. The monoisotopic (exact) mass is 887 g/mol. The van der Waals surface area contributed by atoms with Crippen LogP contribution in [-0.4, -0.2) is 140 Å². The summed E-state index contributed by atoms with van der Waals surface area (Å²) in [5, 5.41) is 34.6. The first kappa shape index (κ1) is 48.6. The maximum atomic E-state index is 14.5. The normalized spacial score (nSPS) is 48.7. The third kappa shape index (κ3) is 10.2. The van der Waals surface area contributed by atoms with Crippen LogP contribution in [0.2, 0.25) is 0 Å². The Morgan fingerprint density at radius 2 is 1.60 bits per heavy atom. The minimum Gasteiger partial charge on any atom is -0.462 e. The number of methoxy groups -OCH3 is 2. The van der Waals surface area contributed by atoms with Crippen LogP contribution in [0.15, 0.2) is 59.3 Å². The molecular formula is C49H74O14. The number of aliphatic hydroxyl groups is 3. The Morgan fingerprint density at radius 1 is 0.889 bits per heavy atom. The second-order valence-electron chi connectivity index (χ2n) is 19.3. The van der Waals surface area contributed by atoms with Gasteiger partial charge in [0.25, 0.3) is 0 Å². The molecule has 20 atom stereocenters. The molecule has 0 aromatic heterocycles. The molecule has 6 aliphatic heterocycles. The van der Waals surface area contributed by atoms with Crippen LogP contribution in [0.5, 0.6) is 0 Å². The highest BCUT2D eigenvalue weighted by atomic mass is 16.7. The van der Waals surface area contributed by atoms with Gasteiger partial charge in [0.15, 0.2) is 18.4 Å². The zero-order chi connectivity index (χ0) is 45.4. The molecule has 7 aliphatic rings. The predicted molar refractivity (Wildman–Crippen MR) is 232 cm³/mol. The molecule has 0 aromatic rings. The lowest BCUT2D eigenvalue weighted by atomic mass is 9.64. The first-order chi connectivity index (χ1) is 30.0. The van der Waals surface area contributed by atoms with Gasteiger partial charge in [-0.15, -0.1) is 0 Å². The van der Waals surface area contributed by atoms with Crippen molar-refractivity contribution >= 4 is 5.97 Å². The zero-order valence-electron chi connectivity index (χ0n) is 38.9. The van der Waals surface area contributed by atoms with Crippen molar-refractivity contribution in [1.29, 1.82) is 0 Å². The number of ether oxygens (including phenoxy) is 10. The number of allylic oxidation sites excluding steroid dienone is 2. The highest BCUT2D eigenvalue weighted by molar-refractivity contribution is 5.78. The van der Waals surface area contributed by atoms with Crippen molar-refractivity contribution < 1.29 is 67.5 Å². The standard InChI is InChI=1S/C49H74O14/c1-11-26(2)45-29(5)17-18-48(63-45)23-35-20-34(62-48)16-15-28(4)44(60-41-22-39(55-10)46(32(8)58-41)61-40-21-38(54-9)43(51)31(7)57-40)27(3)13-12-14-33-24-56-25-37-42(50)30(6)19-36(47(52)59-35)49(33,37)53/h12-15,17-19,26-27,29,31-32,34-46,50-51,53H,11,16,20-25H2,1-10H3/b13-12+,28-15+,33-14+/t26-,27+,29-,31-,32-,34+,35+,36+,37+,38-,39-,40+,41+,42+,43+,44+,45-,46+,48+,49-/m0/s1. The summed E-state index contributed by atoms with van der Waals surface area (Å²) in [7, 11) is 3.22. The molecule has 0 unspecified atom stereocenters. The van der Waals surface area contributed by atoms with E-state index in [2.05, 4.69) is 39.8 Å². The third-order valence-corrected chi connectivity index (χ3v) is 14.9. The minimum atomic E-state index is -1.75. The Balaban J connectivity index is 1.19. The van der Waals surface area contributed by atoms with Crippen LogP contribution in [0.4, 0.5) is 0 Å². The molecule has 354 valence electrons. The van der Waals surface area contributed by atoms with E-state index in [-0.39, 0.29) is 49.3 Å². The molecule has 3 N–H and O–H groups in total. The number of carbonyl (C=O) groups is 1. The van der Waals surface area contributed by atoms with Crippen LogP contribution >= 0.6 is 0 Å². The maximum absolute atomic E-state index is 14.5. The molecule has 0 saturated carbocycles. The van der Waals surface area contributed by atoms with Gasteiger partial charge < -0.3 is 62.7 Å². The lowest BCUT2D eigenvalue weighted by Crippen LogP contribution is -2.61. The van der Waals surface area contributed by atoms with Crippen molar-refractivity contribution in [1.82, 2.24) is 0 Å². The summed E-state index contributed by atoms with van der Waals surface area (Å²) in [5.74, 6) is -3.28. The average molecular weight is 887 g/mol. The highest BCUT2D eigenvalue weighted by Gasteiger charge is 2.58. The lowest BCUT2D eigenvalue weighted by molar-refractivity contribution is -0.318. The van der Waals surface area contributed by atoms with Crippen LogP contribution in [0.25, 0.3) is 0 Å². The Morgan fingerprint density at radius 3 is 2.33 bits per heavy atom. The molecule has 1 aliphatic carbocycles. The first-order valence-electron chi connectivity index (χ1n) is 23.3. The average Bonchev–Trinajstić information content (AvgIpc) is 3.25. The maximum Gasteiger partial charge on any atom is 0.316 e. The van der Waals surface area contributed by atoms with Gasteiger partial charge in [-0.3, -0.25) is 4.79 Å². The van der Waals surface area contributed by atoms with Crippen molar-refractivity contribution in [3.8, 4) is 0 Å². The zero-order valence-corrected chi connectivity index (χ0v) is 38.9. The number of hydrogen-bond acceptors (Lipinski definition) is 14. The Hall–Kier alpha value is -2.31. The van der Waals surface area contributed by atoms with Crippen molar-refractivity contribution in [2.75, 3.05) is 27.4 Å². The topological polar surface area (TPSA) is 170 Å². The Labute approximate surface area is 373 Å². The van der Waals surface area contributed by atoms with Gasteiger partial charge in [-0.1, -0.05) is 70.6 Å². The molecule has 0 aromatic carbocycles. The Kier molecular flexibility index (Phi) is 15.7. The second kappa shape index (κ2) is 20.3. The third-order valence-electron chi connectivity index (χ3n) is 14.9. The van der Waals surface area contributed by atoms with Gasteiger partial charge in [0, 0.05) is 57.7 Å². The van der Waals surface area contributed by atoms with Crippen molar-refractivity contribution in [3.63, 3.8) is 0 Å². The smallest absolute Gasteiger partial charge is 0.316 e. The summed E-state index contributed by atoms with van der Waals surface area (Å²) in [6, 6.07) is 0. The van der Waals surface area contributed by atoms with E-state index in [4.69, 9.17) is 47.4 Å². The molecule has 2 bridgehead atoms. The first-order valence-corrected chi connectivity index (χ1v) is 23.3. The molecule has 6 heterocycles. The summed E-state index contributed by atoms with van der Waals surface area (Å²) in [6.45, 7) is 16.3. The fourth-order valence-corrected chi connectivity index (χ4v) is 10.9. The van der Waals surface area contributed by atoms with Gasteiger partial charge in [0.05, 0.1) is 62.0 Å². The van der Waals surface area contributed by atoms with E-state index < -0.39 is 90.6 Å². The summed E-state index contributed by atoms with van der Waals surface area (Å²) in [4.78, 5) is 14.5. The van der Waals surface area contributed by atoms with Crippen LogP contribution < -0.4 is 0 Å². The molecule has 4 saturated heterocycles. The molecule has 0 radical (unpaired) electrons. The summed E-state index contributed by atoms with van der Waals surface area (Å²) < 4.78 is 63.7. The van der Waals surface area contributed by atoms with Crippen molar-refractivity contribution in [3.05, 3.63) is 59.3 Å². The number of hydrogen-bond donors (Lipinski definition) is 3. The van der Waals surface area contributed by atoms with Gasteiger partial charge in [-0.2, -0.15) is 0 Å². The molecule has 14 nitrogen and oxygen atoms in total. The number of aliphatic hydroxyl groups excluding tert-OH is 2. The number of rotatable bonds is 8. The van der Waals surface area contributed by atoms with Gasteiger partial charge in [0.1, 0.15) is 29.8 Å². The van der Waals surface area contributed by atoms with E-state index >= 15 is 0 Å². The minimum absolute atomic E-state index is 0.0806. The second-order valence-corrected chi connectivity index (χ2v) is 19.3. The van der Waals surface area contributed by atoms with E-state index in [0.717, 1.165) is 12.0 Å². The molecule has 14 heteroatoms. The molecule has 63 heavy (non-hydrogen) atoms. The van der Waals surface area contributed by atoms with Crippen molar-refractivity contribution in [2.45, 2.75) is 185 Å². The fraction of sp³-hybridized carbons (Fsp3) is 0.776. The van der Waals surface area contributed by atoms with E-state index in [9.17, 15) is 20.1 Å². The molecule has 4 fully saturated rings. The molecule has 7 rings (SSSR count). The number of fused-ring (bicyclic) bond motifs is 2. The van der Waals surface area contributed by atoms with Crippen LogP contribution in [-0.2, 0) is 52.2 Å². The lowest BCUT2D eigenvalue weighted by Gasteiger charge is -2.50. The molecular weight excluding hydrogens is 813 g/mol. The number of carbonyl (C=O) groups excluding carboxylic acids is 1. The molecule has 0 amide bonds. The number of esters is 1.